The number of hydrogen-bond donors (Lipinski definition) is 2. The first kappa shape index (κ1) is 23.0. The van der Waals surface area contributed by atoms with E-state index in [0.717, 1.165) is 50.9 Å². The summed E-state index contributed by atoms with van der Waals surface area (Å²) in [6.45, 7) is 8.24. The smallest absolute Gasteiger partial charge is 0.191 e. The van der Waals surface area contributed by atoms with Gasteiger partial charge < -0.3 is 25.2 Å². The van der Waals surface area contributed by atoms with E-state index < -0.39 is 0 Å². The van der Waals surface area contributed by atoms with Gasteiger partial charge in [0.2, 0.25) is 0 Å². The Hall–Kier alpha value is -1.06. The lowest BCUT2D eigenvalue weighted by atomic mass is 10.3. The molecule has 0 saturated carbocycles. The van der Waals surface area contributed by atoms with Gasteiger partial charge in [0.25, 0.3) is 0 Å². The molecule has 0 aliphatic carbocycles. The Bertz CT molecular complexity index is 500. The van der Waals surface area contributed by atoms with Crippen LogP contribution < -0.4 is 15.4 Å². The number of benzene rings is 1. The Morgan fingerprint density at radius 3 is 2.62 bits per heavy atom. The van der Waals surface area contributed by atoms with E-state index in [2.05, 4.69) is 32.5 Å². The van der Waals surface area contributed by atoms with E-state index in [-0.39, 0.29) is 24.0 Å². The molecule has 148 valence electrons. The van der Waals surface area contributed by atoms with E-state index in [1.54, 1.807) is 0 Å². The van der Waals surface area contributed by atoms with Crippen LogP contribution >= 0.6 is 24.0 Å². The predicted molar refractivity (Wildman–Crippen MR) is 120 cm³/mol. The number of guanidine groups is 1. The van der Waals surface area contributed by atoms with Gasteiger partial charge in [-0.15, -0.1) is 24.0 Å². The molecule has 0 aromatic heterocycles. The van der Waals surface area contributed by atoms with E-state index in [0.29, 0.717) is 6.61 Å². The second-order valence-electron chi connectivity index (χ2n) is 6.44. The minimum Gasteiger partial charge on any atom is -0.494 e. The molecule has 0 unspecified atom stereocenters. The molecule has 2 N–H and O–H groups in total. The van der Waals surface area contributed by atoms with Gasteiger partial charge >= 0.3 is 0 Å². The van der Waals surface area contributed by atoms with Crippen LogP contribution in [0.3, 0.4) is 0 Å². The molecule has 0 atom stereocenters. The SMILES string of the molecule is CN=C(NCCCOc1ccccc1)NCCN1CCCN(C)CC1.I. The molecular weight excluding hydrogens is 441 g/mol. The largest absolute Gasteiger partial charge is 0.494 e. The summed E-state index contributed by atoms with van der Waals surface area (Å²) in [5, 5.41) is 6.74. The molecule has 1 aromatic carbocycles. The maximum atomic E-state index is 5.69. The summed E-state index contributed by atoms with van der Waals surface area (Å²) in [5.74, 6) is 1.79. The van der Waals surface area contributed by atoms with Crippen molar-refractivity contribution in [1.82, 2.24) is 20.4 Å². The van der Waals surface area contributed by atoms with Crippen LogP contribution in [0.25, 0.3) is 0 Å². The predicted octanol–water partition coefficient (Wildman–Crippen LogP) is 1.88. The van der Waals surface area contributed by atoms with Crippen molar-refractivity contribution >= 4 is 29.9 Å². The first-order valence-electron chi connectivity index (χ1n) is 9.31. The lowest BCUT2D eigenvalue weighted by molar-refractivity contribution is 0.279. The molecule has 0 radical (unpaired) electrons. The molecule has 0 amide bonds. The summed E-state index contributed by atoms with van der Waals surface area (Å²) in [4.78, 5) is 9.22. The average Bonchev–Trinajstić information content (AvgIpc) is 2.85. The Balaban J connectivity index is 0.00000338. The average molecular weight is 475 g/mol. The fraction of sp³-hybridized carbons (Fsp3) is 0.632. The highest BCUT2D eigenvalue weighted by molar-refractivity contribution is 14.0. The Kier molecular flexibility index (Phi) is 12.4. The van der Waals surface area contributed by atoms with Crippen LogP contribution in [0.5, 0.6) is 5.75 Å². The zero-order chi connectivity index (χ0) is 17.7. The first-order valence-corrected chi connectivity index (χ1v) is 9.31. The van der Waals surface area contributed by atoms with Crippen molar-refractivity contribution in [3.8, 4) is 5.75 Å². The lowest BCUT2D eigenvalue weighted by Crippen LogP contribution is -2.42. The molecule has 1 aromatic rings. The minimum absolute atomic E-state index is 0. The number of ether oxygens (including phenoxy) is 1. The molecule has 1 heterocycles. The van der Waals surface area contributed by atoms with E-state index in [1.165, 1.54) is 19.5 Å². The first-order chi connectivity index (χ1) is 12.3. The number of nitrogens with zero attached hydrogens (tertiary/aromatic N) is 3. The number of aliphatic imine (C=N–C) groups is 1. The molecule has 1 saturated heterocycles. The molecule has 7 heteroatoms. The summed E-state index contributed by atoms with van der Waals surface area (Å²) in [6.07, 6.45) is 2.19. The van der Waals surface area contributed by atoms with Crippen LogP contribution in [-0.2, 0) is 0 Å². The summed E-state index contributed by atoms with van der Waals surface area (Å²) < 4.78 is 5.69. The van der Waals surface area contributed by atoms with Crippen molar-refractivity contribution in [3.63, 3.8) is 0 Å². The van der Waals surface area contributed by atoms with Gasteiger partial charge in [-0.25, -0.2) is 0 Å². The Morgan fingerprint density at radius 2 is 1.85 bits per heavy atom. The molecule has 1 fully saturated rings. The molecule has 26 heavy (non-hydrogen) atoms. The fourth-order valence-corrected chi connectivity index (χ4v) is 2.86. The van der Waals surface area contributed by atoms with E-state index in [1.807, 2.05) is 37.4 Å². The Morgan fingerprint density at radius 1 is 1.08 bits per heavy atom. The van der Waals surface area contributed by atoms with Crippen molar-refractivity contribution in [3.05, 3.63) is 30.3 Å². The second kappa shape index (κ2) is 14.1. The van der Waals surface area contributed by atoms with Gasteiger partial charge in [-0.1, -0.05) is 18.2 Å². The molecule has 1 aliphatic rings. The highest BCUT2D eigenvalue weighted by Crippen LogP contribution is 2.08. The van der Waals surface area contributed by atoms with Gasteiger partial charge in [-0.2, -0.15) is 0 Å². The molecular formula is C19H34IN5O. The van der Waals surface area contributed by atoms with Crippen molar-refractivity contribution < 1.29 is 4.74 Å². The molecule has 2 rings (SSSR count). The zero-order valence-electron chi connectivity index (χ0n) is 16.1. The third kappa shape index (κ3) is 9.59. The maximum Gasteiger partial charge on any atom is 0.191 e. The van der Waals surface area contributed by atoms with Crippen LogP contribution in [-0.4, -0.2) is 82.3 Å². The van der Waals surface area contributed by atoms with E-state index in [9.17, 15) is 0 Å². The van der Waals surface area contributed by atoms with Gasteiger partial charge in [0.05, 0.1) is 6.61 Å². The number of nitrogens with one attached hydrogen (secondary N) is 2. The van der Waals surface area contributed by atoms with Crippen molar-refractivity contribution in [1.29, 1.82) is 0 Å². The summed E-state index contributed by atoms with van der Waals surface area (Å²) >= 11 is 0. The van der Waals surface area contributed by atoms with Crippen molar-refractivity contribution in [2.75, 3.05) is 66.5 Å². The zero-order valence-corrected chi connectivity index (χ0v) is 18.4. The monoisotopic (exact) mass is 475 g/mol. The van der Waals surface area contributed by atoms with Gasteiger partial charge in [0.15, 0.2) is 5.96 Å². The fourth-order valence-electron chi connectivity index (χ4n) is 2.86. The van der Waals surface area contributed by atoms with Crippen LogP contribution in [0.15, 0.2) is 35.3 Å². The topological polar surface area (TPSA) is 52.1 Å². The van der Waals surface area contributed by atoms with Crippen LogP contribution in [0, 0.1) is 0 Å². The number of rotatable bonds is 8. The highest BCUT2D eigenvalue weighted by Gasteiger charge is 2.11. The number of hydrogen-bond acceptors (Lipinski definition) is 4. The van der Waals surface area contributed by atoms with Crippen LogP contribution in [0.1, 0.15) is 12.8 Å². The molecule has 0 spiro atoms. The lowest BCUT2D eigenvalue weighted by Gasteiger charge is -2.21. The van der Waals surface area contributed by atoms with Crippen LogP contribution in [0.4, 0.5) is 0 Å². The quantitative estimate of drug-likeness (QED) is 0.260. The van der Waals surface area contributed by atoms with Crippen LogP contribution in [0.2, 0.25) is 0 Å². The van der Waals surface area contributed by atoms with E-state index >= 15 is 0 Å². The third-order valence-corrected chi connectivity index (χ3v) is 4.38. The van der Waals surface area contributed by atoms with Gasteiger partial charge in [-0.05, 0) is 45.1 Å². The highest BCUT2D eigenvalue weighted by atomic mass is 127. The number of likely N-dealkylation sites (N-methyl/N-ethyl adjacent to an activating group) is 1. The molecule has 0 bridgehead atoms. The number of para-hydroxylation sites is 1. The second-order valence-corrected chi connectivity index (χ2v) is 6.44. The van der Waals surface area contributed by atoms with Gasteiger partial charge in [-0.3, -0.25) is 4.99 Å². The standard InChI is InChI=1S/C19H33N5O.HI/c1-20-19(21-10-6-17-25-18-8-4-3-5-9-18)22-11-14-24-13-7-12-23(2)15-16-24;/h3-5,8-9H,6-7,10-17H2,1-2H3,(H2,20,21,22);1H. The third-order valence-electron chi connectivity index (χ3n) is 4.38. The van der Waals surface area contributed by atoms with Crippen molar-refractivity contribution in [2.24, 2.45) is 4.99 Å². The summed E-state index contributed by atoms with van der Waals surface area (Å²) in [5.41, 5.74) is 0. The Labute approximate surface area is 175 Å². The maximum absolute atomic E-state index is 5.69. The van der Waals surface area contributed by atoms with Crippen molar-refractivity contribution in [2.45, 2.75) is 12.8 Å². The molecule has 1 aliphatic heterocycles. The van der Waals surface area contributed by atoms with Gasteiger partial charge in [0.1, 0.15) is 5.75 Å². The normalized spacial score (nSPS) is 16.5. The summed E-state index contributed by atoms with van der Waals surface area (Å²) in [6, 6.07) is 9.93. The summed E-state index contributed by atoms with van der Waals surface area (Å²) in [7, 11) is 4.02. The number of halogens is 1. The molecule has 6 nitrogen and oxygen atoms in total. The van der Waals surface area contributed by atoms with E-state index in [4.69, 9.17) is 4.74 Å². The van der Waals surface area contributed by atoms with Gasteiger partial charge in [0, 0.05) is 39.8 Å². The minimum atomic E-state index is 0.